The first-order valence-electron chi connectivity index (χ1n) is 10.3. The first kappa shape index (κ1) is 19.8. The van der Waals surface area contributed by atoms with E-state index >= 15 is 0 Å². The van der Waals surface area contributed by atoms with Gasteiger partial charge >= 0.3 is 0 Å². The summed E-state index contributed by atoms with van der Waals surface area (Å²) >= 11 is 0. The van der Waals surface area contributed by atoms with E-state index in [1.54, 1.807) is 7.11 Å². The number of hydrogen-bond donors (Lipinski definition) is 0. The van der Waals surface area contributed by atoms with Crippen molar-refractivity contribution in [3.8, 4) is 11.5 Å². The highest BCUT2D eigenvalue weighted by molar-refractivity contribution is 5.33. The molecule has 1 fully saturated rings. The molecule has 0 radical (unpaired) electrons. The lowest BCUT2D eigenvalue weighted by molar-refractivity contribution is 0.150. The fraction of sp³-hybridized carbons (Fsp3) is 0.500. The smallest absolute Gasteiger partial charge is 0.122 e. The first-order chi connectivity index (χ1) is 13.2. The molecular formula is C24H33NO2. The molecule has 0 aromatic heterocycles. The maximum Gasteiger partial charge on any atom is 0.122 e. The maximum atomic E-state index is 6.23. The van der Waals surface area contributed by atoms with Gasteiger partial charge in [-0.3, -0.25) is 0 Å². The van der Waals surface area contributed by atoms with Gasteiger partial charge in [-0.2, -0.15) is 0 Å². The lowest BCUT2D eigenvalue weighted by atomic mass is 9.99. The third-order valence-electron chi connectivity index (χ3n) is 5.49. The fourth-order valence-electron chi connectivity index (χ4n) is 3.90. The fourth-order valence-corrected chi connectivity index (χ4v) is 3.90. The predicted molar refractivity (Wildman–Crippen MR) is 112 cm³/mol. The van der Waals surface area contributed by atoms with Gasteiger partial charge in [0.1, 0.15) is 11.5 Å². The van der Waals surface area contributed by atoms with E-state index in [2.05, 4.69) is 48.3 Å². The molecule has 27 heavy (non-hydrogen) atoms. The molecule has 3 rings (SSSR count). The zero-order valence-electron chi connectivity index (χ0n) is 16.8. The van der Waals surface area contributed by atoms with Crippen molar-refractivity contribution in [1.29, 1.82) is 0 Å². The van der Waals surface area contributed by atoms with Gasteiger partial charge in [0, 0.05) is 12.5 Å². The average molecular weight is 368 g/mol. The Bertz CT molecular complexity index is 683. The second kappa shape index (κ2) is 10.4. The van der Waals surface area contributed by atoms with Crippen LogP contribution in [0.1, 0.15) is 36.8 Å². The third kappa shape index (κ3) is 6.28. The molecule has 1 saturated heterocycles. The molecule has 0 N–H and O–H groups in total. The van der Waals surface area contributed by atoms with Gasteiger partial charge < -0.3 is 14.4 Å². The summed E-state index contributed by atoms with van der Waals surface area (Å²) in [4.78, 5) is 2.42. The number of nitrogens with zero attached hydrogens (tertiary/aromatic N) is 1. The van der Waals surface area contributed by atoms with E-state index in [-0.39, 0.29) is 0 Å². The predicted octanol–water partition coefficient (Wildman–Crippen LogP) is 4.98. The van der Waals surface area contributed by atoms with Crippen molar-refractivity contribution >= 4 is 0 Å². The molecular weight excluding hydrogens is 334 g/mol. The number of hydrogen-bond acceptors (Lipinski definition) is 3. The van der Waals surface area contributed by atoms with Crippen LogP contribution in [0.5, 0.6) is 11.5 Å². The average Bonchev–Trinajstić information content (AvgIpc) is 2.71. The summed E-state index contributed by atoms with van der Waals surface area (Å²) in [6.45, 7) is 3.22. The molecule has 2 aromatic rings. The Labute approximate surface area is 164 Å². The van der Waals surface area contributed by atoms with E-state index < -0.39 is 0 Å². The SMILES string of the molecule is COc1ccc(CCCCc2ccccc2OCC2CCCN(C)C2)cc1. The molecule has 0 bridgehead atoms. The minimum absolute atomic E-state index is 0.659. The molecule has 1 aliphatic heterocycles. The molecule has 3 heteroatoms. The van der Waals surface area contributed by atoms with Crippen molar-refractivity contribution in [3.63, 3.8) is 0 Å². The largest absolute Gasteiger partial charge is 0.497 e. The Morgan fingerprint density at radius 2 is 1.78 bits per heavy atom. The summed E-state index contributed by atoms with van der Waals surface area (Å²) in [6, 6.07) is 17.0. The van der Waals surface area contributed by atoms with Crippen LogP contribution in [-0.2, 0) is 12.8 Å². The highest BCUT2D eigenvalue weighted by atomic mass is 16.5. The molecule has 1 atom stereocenters. The molecule has 0 amide bonds. The maximum absolute atomic E-state index is 6.23. The summed E-state index contributed by atoms with van der Waals surface area (Å²) < 4.78 is 11.4. The van der Waals surface area contributed by atoms with Gasteiger partial charge in [-0.15, -0.1) is 0 Å². The lowest BCUT2D eigenvalue weighted by Crippen LogP contribution is -2.34. The third-order valence-corrected chi connectivity index (χ3v) is 5.49. The number of piperidine rings is 1. The summed E-state index contributed by atoms with van der Waals surface area (Å²) in [5.74, 6) is 2.66. The Morgan fingerprint density at radius 1 is 1.00 bits per heavy atom. The second-order valence-corrected chi connectivity index (χ2v) is 7.74. The minimum Gasteiger partial charge on any atom is -0.497 e. The molecule has 0 saturated carbocycles. The number of aryl methyl sites for hydroxylation is 2. The quantitative estimate of drug-likeness (QED) is 0.583. The first-order valence-corrected chi connectivity index (χ1v) is 10.3. The van der Waals surface area contributed by atoms with Gasteiger partial charge in [0.05, 0.1) is 13.7 Å². The van der Waals surface area contributed by atoms with Crippen LogP contribution < -0.4 is 9.47 Å². The zero-order valence-corrected chi connectivity index (χ0v) is 16.8. The molecule has 0 spiro atoms. The number of rotatable bonds is 9. The minimum atomic E-state index is 0.659. The van der Waals surface area contributed by atoms with Crippen LogP contribution in [0, 0.1) is 5.92 Å². The van der Waals surface area contributed by atoms with Crippen molar-refractivity contribution in [2.75, 3.05) is 33.9 Å². The number of benzene rings is 2. The van der Waals surface area contributed by atoms with Crippen molar-refractivity contribution in [1.82, 2.24) is 4.90 Å². The number of unbranched alkanes of at least 4 members (excludes halogenated alkanes) is 1. The van der Waals surface area contributed by atoms with E-state index in [9.17, 15) is 0 Å². The molecule has 146 valence electrons. The van der Waals surface area contributed by atoms with E-state index in [0.717, 1.165) is 37.5 Å². The van der Waals surface area contributed by atoms with Crippen molar-refractivity contribution in [2.45, 2.75) is 38.5 Å². The van der Waals surface area contributed by atoms with Crippen LogP contribution in [0.25, 0.3) is 0 Å². The van der Waals surface area contributed by atoms with E-state index in [1.807, 2.05) is 12.1 Å². The van der Waals surface area contributed by atoms with Gasteiger partial charge in [0.2, 0.25) is 0 Å². The van der Waals surface area contributed by atoms with Gasteiger partial charge in [-0.25, -0.2) is 0 Å². The monoisotopic (exact) mass is 367 g/mol. The Morgan fingerprint density at radius 3 is 2.56 bits per heavy atom. The standard InChI is InChI=1S/C24H33NO2/c1-25-17-7-9-21(18-25)19-27-24-12-6-5-11-22(24)10-4-3-8-20-13-15-23(26-2)16-14-20/h5-6,11-16,21H,3-4,7-10,17-19H2,1-2H3. The van der Waals surface area contributed by atoms with Crippen molar-refractivity contribution < 1.29 is 9.47 Å². The second-order valence-electron chi connectivity index (χ2n) is 7.74. The number of ether oxygens (including phenoxy) is 2. The Kier molecular flexibility index (Phi) is 7.58. The van der Waals surface area contributed by atoms with Gasteiger partial charge in [0.15, 0.2) is 0 Å². The Hall–Kier alpha value is -2.00. The number of likely N-dealkylation sites (tertiary alicyclic amines) is 1. The van der Waals surface area contributed by atoms with Crippen molar-refractivity contribution in [3.05, 3.63) is 59.7 Å². The molecule has 2 aromatic carbocycles. The number of para-hydroxylation sites is 1. The van der Waals surface area contributed by atoms with Crippen LogP contribution in [0.4, 0.5) is 0 Å². The van der Waals surface area contributed by atoms with E-state index in [4.69, 9.17) is 9.47 Å². The van der Waals surface area contributed by atoms with Gasteiger partial charge in [-0.05, 0) is 81.4 Å². The zero-order chi connectivity index (χ0) is 18.9. The van der Waals surface area contributed by atoms with Crippen LogP contribution in [0.2, 0.25) is 0 Å². The molecule has 1 heterocycles. The summed E-state index contributed by atoms with van der Waals surface area (Å²) in [6.07, 6.45) is 7.14. The topological polar surface area (TPSA) is 21.7 Å². The summed E-state index contributed by atoms with van der Waals surface area (Å²) in [7, 11) is 3.92. The molecule has 3 nitrogen and oxygen atoms in total. The summed E-state index contributed by atoms with van der Waals surface area (Å²) in [5, 5.41) is 0. The normalized spacial score (nSPS) is 17.6. The highest BCUT2D eigenvalue weighted by Gasteiger charge is 2.18. The van der Waals surface area contributed by atoms with Crippen LogP contribution >= 0.6 is 0 Å². The van der Waals surface area contributed by atoms with Crippen LogP contribution in [0.3, 0.4) is 0 Å². The molecule has 0 aliphatic carbocycles. The van der Waals surface area contributed by atoms with Crippen molar-refractivity contribution in [2.24, 2.45) is 5.92 Å². The number of methoxy groups -OCH3 is 1. The molecule has 1 unspecified atom stereocenters. The van der Waals surface area contributed by atoms with Gasteiger partial charge in [-0.1, -0.05) is 30.3 Å². The van der Waals surface area contributed by atoms with Crippen LogP contribution in [0.15, 0.2) is 48.5 Å². The van der Waals surface area contributed by atoms with Gasteiger partial charge in [0.25, 0.3) is 0 Å². The van der Waals surface area contributed by atoms with E-state index in [0.29, 0.717) is 5.92 Å². The van der Waals surface area contributed by atoms with Crippen LogP contribution in [-0.4, -0.2) is 38.8 Å². The lowest BCUT2D eigenvalue weighted by Gasteiger charge is -2.29. The molecule has 1 aliphatic rings. The summed E-state index contributed by atoms with van der Waals surface area (Å²) in [5.41, 5.74) is 2.72. The Balaban J connectivity index is 1.44. The van der Waals surface area contributed by atoms with E-state index in [1.165, 1.54) is 43.4 Å². The highest BCUT2D eigenvalue weighted by Crippen LogP contribution is 2.23.